The molecule has 0 aromatic heterocycles. The highest BCUT2D eigenvalue weighted by Gasteiger charge is 2.21. The molecule has 0 spiro atoms. The highest BCUT2D eigenvalue weighted by atomic mass is 16.6. The number of hydrogen-bond acceptors (Lipinski definition) is 3. The quantitative estimate of drug-likeness (QED) is 0.835. The minimum Gasteiger partial charge on any atom is -0.478 e. The normalized spacial score (nSPS) is 16.4. The molecule has 0 atom stereocenters. The minimum atomic E-state index is -0.871. The molecule has 96 valence electrons. The molecule has 0 saturated heterocycles. The number of nitrogens with zero attached hydrogens (tertiary/aromatic N) is 1. The number of benzene rings is 1. The molecule has 2 rings (SSSR count). The van der Waals surface area contributed by atoms with E-state index >= 15 is 0 Å². The zero-order chi connectivity index (χ0) is 13.1. The number of hydrogen-bond donors (Lipinski definition) is 1. The van der Waals surface area contributed by atoms with E-state index in [1.54, 1.807) is 6.07 Å². The molecule has 1 aromatic carbocycles. The van der Waals surface area contributed by atoms with Crippen LogP contribution in [0.3, 0.4) is 0 Å². The van der Waals surface area contributed by atoms with Crippen LogP contribution >= 0.6 is 0 Å². The van der Waals surface area contributed by atoms with E-state index < -0.39 is 5.97 Å². The number of rotatable bonds is 3. The summed E-state index contributed by atoms with van der Waals surface area (Å²) in [4.78, 5) is 16.2. The average molecular weight is 247 g/mol. The van der Waals surface area contributed by atoms with Crippen molar-refractivity contribution in [1.29, 1.82) is 0 Å². The average Bonchev–Trinajstić information content (AvgIpc) is 2.36. The van der Waals surface area contributed by atoms with E-state index in [2.05, 4.69) is 5.16 Å². The van der Waals surface area contributed by atoms with Gasteiger partial charge in [-0.05, 0) is 50.3 Å². The summed E-state index contributed by atoms with van der Waals surface area (Å²) in [6.07, 6.45) is 2.79. The number of fused-ring (bicyclic) bond motifs is 1. The van der Waals surface area contributed by atoms with Crippen LogP contribution in [0.2, 0.25) is 0 Å². The van der Waals surface area contributed by atoms with Crippen molar-refractivity contribution >= 4 is 11.7 Å². The highest BCUT2D eigenvalue weighted by molar-refractivity contribution is 6.04. The molecule has 1 aromatic rings. The minimum absolute atomic E-state index is 0.381. The van der Waals surface area contributed by atoms with Gasteiger partial charge in [-0.25, -0.2) is 4.79 Å². The third-order valence-corrected chi connectivity index (χ3v) is 3.28. The van der Waals surface area contributed by atoms with Gasteiger partial charge in [0.1, 0.15) is 6.61 Å². The molecule has 1 N–H and O–H groups in total. The van der Waals surface area contributed by atoms with Crippen LogP contribution in [0.15, 0.2) is 17.3 Å². The SMILES string of the molecule is CCO/N=C1/CCCc2c1ccc(C(=O)O)c2C. The molecule has 0 bridgehead atoms. The summed E-state index contributed by atoms with van der Waals surface area (Å²) in [5.74, 6) is -0.871. The third-order valence-electron chi connectivity index (χ3n) is 3.28. The molecule has 0 unspecified atom stereocenters. The standard InChI is InChI=1S/C14H17NO3/c1-3-18-15-13-6-4-5-10-9(2)11(14(16)17)7-8-12(10)13/h7-8H,3-6H2,1-2H3,(H,16,17)/b15-13-. The summed E-state index contributed by atoms with van der Waals surface area (Å²) in [7, 11) is 0. The van der Waals surface area contributed by atoms with Gasteiger partial charge in [0, 0.05) is 5.56 Å². The van der Waals surface area contributed by atoms with Crippen molar-refractivity contribution in [1.82, 2.24) is 0 Å². The van der Waals surface area contributed by atoms with Crippen molar-refractivity contribution < 1.29 is 14.7 Å². The zero-order valence-corrected chi connectivity index (χ0v) is 10.7. The second-order valence-electron chi connectivity index (χ2n) is 4.38. The van der Waals surface area contributed by atoms with E-state index in [0.717, 1.165) is 41.7 Å². The van der Waals surface area contributed by atoms with Gasteiger partial charge in [0.15, 0.2) is 0 Å². The summed E-state index contributed by atoms with van der Waals surface area (Å²) in [5.41, 5.74) is 4.30. The number of carboxylic acids is 1. The Balaban J connectivity index is 2.48. The van der Waals surface area contributed by atoms with Crippen LogP contribution in [0.1, 0.15) is 46.8 Å². The first-order chi connectivity index (χ1) is 8.65. The smallest absolute Gasteiger partial charge is 0.335 e. The van der Waals surface area contributed by atoms with Crippen LogP contribution in [0, 0.1) is 6.92 Å². The Hall–Kier alpha value is -1.84. The van der Waals surface area contributed by atoms with E-state index in [-0.39, 0.29) is 0 Å². The highest BCUT2D eigenvalue weighted by Crippen LogP contribution is 2.27. The van der Waals surface area contributed by atoms with E-state index in [0.29, 0.717) is 12.2 Å². The van der Waals surface area contributed by atoms with Gasteiger partial charge in [-0.15, -0.1) is 0 Å². The maximum atomic E-state index is 11.1. The monoisotopic (exact) mass is 247 g/mol. The maximum Gasteiger partial charge on any atom is 0.335 e. The summed E-state index contributed by atoms with van der Waals surface area (Å²) in [6, 6.07) is 3.51. The lowest BCUT2D eigenvalue weighted by atomic mass is 9.85. The van der Waals surface area contributed by atoms with Gasteiger partial charge in [0.05, 0.1) is 11.3 Å². The number of carbonyl (C=O) groups is 1. The van der Waals surface area contributed by atoms with Crippen molar-refractivity contribution in [3.8, 4) is 0 Å². The lowest BCUT2D eigenvalue weighted by Crippen LogP contribution is -2.16. The summed E-state index contributed by atoms with van der Waals surface area (Å²) in [6.45, 7) is 4.31. The van der Waals surface area contributed by atoms with Crippen LogP contribution < -0.4 is 0 Å². The fourth-order valence-corrected chi connectivity index (χ4v) is 2.39. The van der Waals surface area contributed by atoms with E-state index in [9.17, 15) is 4.79 Å². The fraction of sp³-hybridized carbons (Fsp3) is 0.429. The van der Waals surface area contributed by atoms with E-state index in [1.165, 1.54) is 0 Å². The Morgan fingerprint density at radius 2 is 2.22 bits per heavy atom. The molecule has 0 fully saturated rings. The van der Waals surface area contributed by atoms with Gasteiger partial charge in [-0.1, -0.05) is 11.2 Å². The van der Waals surface area contributed by atoms with E-state index in [4.69, 9.17) is 9.94 Å². The predicted octanol–water partition coefficient (Wildman–Crippen LogP) is 2.77. The number of carboxylic acid groups (broad SMARTS) is 1. The molecule has 0 heterocycles. The molecule has 4 heteroatoms. The first kappa shape index (κ1) is 12.6. The van der Waals surface area contributed by atoms with E-state index in [1.807, 2.05) is 19.9 Å². The molecular formula is C14H17NO3. The van der Waals surface area contributed by atoms with Gasteiger partial charge in [0.25, 0.3) is 0 Å². The Labute approximate surface area is 106 Å². The first-order valence-corrected chi connectivity index (χ1v) is 6.20. The van der Waals surface area contributed by atoms with Crippen LogP contribution in [0.4, 0.5) is 0 Å². The predicted molar refractivity (Wildman–Crippen MR) is 69.2 cm³/mol. The van der Waals surface area contributed by atoms with Gasteiger partial charge >= 0.3 is 5.97 Å². The number of oxime groups is 1. The van der Waals surface area contributed by atoms with Crippen molar-refractivity contribution in [2.24, 2.45) is 5.16 Å². The maximum absolute atomic E-state index is 11.1. The van der Waals surface area contributed by atoms with Crippen LogP contribution in [-0.2, 0) is 11.3 Å². The first-order valence-electron chi connectivity index (χ1n) is 6.20. The van der Waals surface area contributed by atoms with Crippen LogP contribution in [0.5, 0.6) is 0 Å². The lowest BCUT2D eigenvalue weighted by molar-refractivity contribution is 0.0696. The van der Waals surface area contributed by atoms with Gasteiger partial charge in [-0.3, -0.25) is 0 Å². The van der Waals surface area contributed by atoms with Gasteiger partial charge in [0.2, 0.25) is 0 Å². The van der Waals surface area contributed by atoms with Crippen LogP contribution in [0.25, 0.3) is 0 Å². The van der Waals surface area contributed by atoms with Gasteiger partial charge < -0.3 is 9.94 Å². The zero-order valence-electron chi connectivity index (χ0n) is 10.7. The van der Waals surface area contributed by atoms with Crippen LogP contribution in [-0.4, -0.2) is 23.4 Å². The Morgan fingerprint density at radius 3 is 2.89 bits per heavy atom. The molecular weight excluding hydrogens is 230 g/mol. The van der Waals surface area contributed by atoms with Crippen molar-refractivity contribution in [2.45, 2.75) is 33.1 Å². The van der Waals surface area contributed by atoms with Crippen molar-refractivity contribution in [3.05, 3.63) is 34.4 Å². The largest absolute Gasteiger partial charge is 0.478 e. The second-order valence-corrected chi connectivity index (χ2v) is 4.38. The molecule has 1 aliphatic rings. The Bertz CT molecular complexity index is 506. The van der Waals surface area contributed by atoms with Crippen molar-refractivity contribution in [2.75, 3.05) is 6.61 Å². The second kappa shape index (κ2) is 5.21. The molecule has 4 nitrogen and oxygen atoms in total. The molecule has 1 aliphatic carbocycles. The third kappa shape index (κ3) is 2.23. The fourth-order valence-electron chi connectivity index (χ4n) is 2.39. The van der Waals surface area contributed by atoms with Gasteiger partial charge in [-0.2, -0.15) is 0 Å². The molecule has 0 amide bonds. The molecule has 0 saturated carbocycles. The summed E-state index contributed by atoms with van der Waals surface area (Å²) in [5, 5.41) is 13.2. The Morgan fingerprint density at radius 1 is 1.44 bits per heavy atom. The molecule has 18 heavy (non-hydrogen) atoms. The molecule has 0 radical (unpaired) electrons. The van der Waals surface area contributed by atoms with Crippen molar-refractivity contribution in [3.63, 3.8) is 0 Å². The topological polar surface area (TPSA) is 58.9 Å². The molecule has 0 aliphatic heterocycles. The Kier molecular flexibility index (Phi) is 3.65. The summed E-state index contributed by atoms with van der Waals surface area (Å²) >= 11 is 0. The lowest BCUT2D eigenvalue weighted by Gasteiger charge is -2.20. The summed E-state index contributed by atoms with van der Waals surface area (Å²) < 4.78 is 0. The number of aromatic carboxylic acids is 1.